The SMILES string of the molecule is CC(C)CCCC(=O)C1CC2CCC(C1)S2(=O)=O. The van der Waals surface area contributed by atoms with Crippen LogP contribution in [-0.2, 0) is 14.6 Å². The third-order valence-corrected chi connectivity index (χ3v) is 7.21. The summed E-state index contributed by atoms with van der Waals surface area (Å²) in [4.78, 5) is 12.1. The van der Waals surface area contributed by atoms with Gasteiger partial charge in [0.15, 0.2) is 9.84 Å². The van der Waals surface area contributed by atoms with Crippen molar-refractivity contribution in [2.75, 3.05) is 0 Å². The summed E-state index contributed by atoms with van der Waals surface area (Å²) in [6.07, 6.45) is 5.44. The highest BCUT2D eigenvalue weighted by atomic mass is 32.2. The van der Waals surface area contributed by atoms with Crippen molar-refractivity contribution in [3.63, 3.8) is 0 Å². The van der Waals surface area contributed by atoms with Crippen LogP contribution in [0, 0.1) is 11.8 Å². The molecule has 3 nitrogen and oxygen atoms in total. The van der Waals surface area contributed by atoms with Crippen LogP contribution in [0.5, 0.6) is 0 Å². The van der Waals surface area contributed by atoms with Gasteiger partial charge in [-0.2, -0.15) is 0 Å². The molecule has 0 aromatic rings. The zero-order chi connectivity index (χ0) is 13.3. The van der Waals surface area contributed by atoms with Crippen LogP contribution in [-0.4, -0.2) is 24.7 Å². The van der Waals surface area contributed by atoms with Gasteiger partial charge in [-0.15, -0.1) is 0 Å². The minimum Gasteiger partial charge on any atom is -0.299 e. The molecule has 2 fully saturated rings. The number of hydrogen-bond acceptors (Lipinski definition) is 3. The largest absolute Gasteiger partial charge is 0.299 e. The molecule has 0 aromatic carbocycles. The second-order valence-electron chi connectivity index (χ2n) is 6.33. The molecule has 0 N–H and O–H groups in total. The van der Waals surface area contributed by atoms with Gasteiger partial charge in [0.25, 0.3) is 0 Å². The normalized spacial score (nSPS) is 33.8. The molecule has 104 valence electrons. The van der Waals surface area contributed by atoms with Gasteiger partial charge in [-0.05, 0) is 38.0 Å². The second-order valence-corrected chi connectivity index (χ2v) is 8.84. The first-order valence-electron chi connectivity index (χ1n) is 7.16. The minimum absolute atomic E-state index is 0.0261. The third kappa shape index (κ3) is 2.79. The molecule has 0 amide bonds. The van der Waals surface area contributed by atoms with Gasteiger partial charge in [0.1, 0.15) is 5.78 Å². The van der Waals surface area contributed by atoms with Crippen molar-refractivity contribution in [1.29, 1.82) is 0 Å². The van der Waals surface area contributed by atoms with E-state index in [4.69, 9.17) is 0 Å². The first kappa shape index (κ1) is 14.0. The predicted octanol–water partition coefficient (Wildman–Crippen LogP) is 2.74. The van der Waals surface area contributed by atoms with Crippen LogP contribution in [0.25, 0.3) is 0 Å². The highest BCUT2D eigenvalue weighted by molar-refractivity contribution is 7.93. The first-order chi connectivity index (χ1) is 8.41. The summed E-state index contributed by atoms with van der Waals surface area (Å²) >= 11 is 0. The topological polar surface area (TPSA) is 51.2 Å². The Morgan fingerprint density at radius 1 is 1.17 bits per heavy atom. The maximum atomic E-state index is 12.1. The van der Waals surface area contributed by atoms with Crippen LogP contribution < -0.4 is 0 Å². The van der Waals surface area contributed by atoms with Crippen LogP contribution in [0.1, 0.15) is 58.8 Å². The molecule has 2 atom stereocenters. The van der Waals surface area contributed by atoms with Crippen molar-refractivity contribution >= 4 is 15.6 Å². The molecule has 2 saturated heterocycles. The van der Waals surface area contributed by atoms with E-state index in [9.17, 15) is 13.2 Å². The van der Waals surface area contributed by atoms with E-state index in [1.165, 1.54) is 0 Å². The molecule has 2 heterocycles. The molecule has 2 rings (SSSR count). The van der Waals surface area contributed by atoms with Gasteiger partial charge in [-0.25, -0.2) is 8.42 Å². The van der Waals surface area contributed by atoms with Crippen LogP contribution >= 0.6 is 0 Å². The van der Waals surface area contributed by atoms with E-state index in [0.717, 1.165) is 25.7 Å². The van der Waals surface area contributed by atoms with E-state index >= 15 is 0 Å². The van der Waals surface area contributed by atoms with Crippen molar-refractivity contribution < 1.29 is 13.2 Å². The lowest BCUT2D eigenvalue weighted by molar-refractivity contribution is -0.123. The Morgan fingerprint density at radius 2 is 1.72 bits per heavy atom. The molecule has 2 aliphatic rings. The van der Waals surface area contributed by atoms with Crippen molar-refractivity contribution in [1.82, 2.24) is 0 Å². The summed E-state index contributed by atoms with van der Waals surface area (Å²) in [5, 5.41) is -0.425. The minimum atomic E-state index is -2.88. The Bertz CT molecular complexity index is 391. The van der Waals surface area contributed by atoms with Gasteiger partial charge >= 0.3 is 0 Å². The number of sulfone groups is 1. The van der Waals surface area contributed by atoms with E-state index in [-0.39, 0.29) is 16.4 Å². The van der Waals surface area contributed by atoms with E-state index in [0.29, 0.717) is 31.0 Å². The van der Waals surface area contributed by atoms with Crippen LogP contribution in [0.3, 0.4) is 0 Å². The molecule has 2 aliphatic heterocycles. The lowest BCUT2D eigenvalue weighted by Crippen LogP contribution is -2.36. The average molecular weight is 272 g/mol. The number of rotatable bonds is 5. The molecule has 0 saturated carbocycles. The van der Waals surface area contributed by atoms with Gasteiger partial charge in [0, 0.05) is 12.3 Å². The zero-order valence-corrected chi connectivity index (χ0v) is 12.2. The van der Waals surface area contributed by atoms with Crippen LogP contribution in [0.4, 0.5) is 0 Å². The smallest absolute Gasteiger partial charge is 0.156 e. The summed E-state index contributed by atoms with van der Waals surface area (Å²) in [6, 6.07) is 0. The van der Waals surface area contributed by atoms with Gasteiger partial charge in [0.05, 0.1) is 10.5 Å². The lowest BCUT2D eigenvalue weighted by atomic mass is 9.91. The molecule has 4 heteroatoms. The summed E-state index contributed by atoms with van der Waals surface area (Å²) < 4.78 is 23.9. The number of Topliss-reactive ketones (excluding diaryl/α,β-unsaturated/α-hetero) is 1. The number of ketones is 1. The number of carbonyl (C=O) groups is 1. The molecular weight excluding hydrogens is 248 g/mol. The summed E-state index contributed by atoms with van der Waals surface area (Å²) in [5.74, 6) is 0.973. The molecular formula is C14H24O3S. The van der Waals surface area contributed by atoms with Gasteiger partial charge in [0.2, 0.25) is 0 Å². The van der Waals surface area contributed by atoms with Crippen molar-refractivity contribution in [3.05, 3.63) is 0 Å². The fourth-order valence-corrected chi connectivity index (χ4v) is 5.83. The Balaban J connectivity index is 1.87. The number of fused-ring (bicyclic) bond motifs is 2. The zero-order valence-electron chi connectivity index (χ0n) is 11.4. The molecule has 2 unspecified atom stereocenters. The lowest BCUT2D eigenvalue weighted by Gasteiger charge is -2.27. The molecule has 18 heavy (non-hydrogen) atoms. The highest BCUT2D eigenvalue weighted by Gasteiger charge is 2.48. The van der Waals surface area contributed by atoms with Gasteiger partial charge < -0.3 is 0 Å². The fourth-order valence-electron chi connectivity index (χ4n) is 3.36. The van der Waals surface area contributed by atoms with Gasteiger partial charge in [-0.3, -0.25) is 4.79 Å². The Labute approximate surface area is 110 Å². The summed E-state index contributed by atoms with van der Waals surface area (Å²) in [6.45, 7) is 4.33. The first-order valence-corrected chi connectivity index (χ1v) is 8.77. The maximum absolute atomic E-state index is 12.1. The molecule has 0 aliphatic carbocycles. The Kier molecular flexibility index (Phi) is 4.15. The van der Waals surface area contributed by atoms with Crippen molar-refractivity contribution in [2.24, 2.45) is 11.8 Å². The number of hydrogen-bond donors (Lipinski definition) is 0. The molecule has 0 aromatic heterocycles. The highest BCUT2D eigenvalue weighted by Crippen LogP contribution is 2.41. The van der Waals surface area contributed by atoms with Gasteiger partial charge in [-0.1, -0.05) is 20.3 Å². The number of carbonyl (C=O) groups excluding carboxylic acids is 1. The van der Waals surface area contributed by atoms with E-state index < -0.39 is 9.84 Å². The predicted molar refractivity (Wildman–Crippen MR) is 72.1 cm³/mol. The standard InChI is InChI=1S/C14H24O3S/c1-10(2)4-3-5-14(15)11-8-12-6-7-13(9-11)18(12,16)17/h10-13H,3-9H2,1-2H3. The molecule has 0 spiro atoms. The van der Waals surface area contributed by atoms with E-state index in [1.54, 1.807) is 0 Å². The monoisotopic (exact) mass is 272 g/mol. The quantitative estimate of drug-likeness (QED) is 0.773. The molecule has 2 bridgehead atoms. The Hall–Kier alpha value is -0.380. The summed E-state index contributed by atoms with van der Waals surface area (Å²) in [5.41, 5.74) is 0. The summed E-state index contributed by atoms with van der Waals surface area (Å²) in [7, 11) is -2.88. The maximum Gasteiger partial charge on any atom is 0.156 e. The van der Waals surface area contributed by atoms with E-state index in [2.05, 4.69) is 13.8 Å². The Morgan fingerprint density at radius 3 is 2.22 bits per heavy atom. The molecule has 0 radical (unpaired) electrons. The third-order valence-electron chi connectivity index (χ3n) is 4.49. The fraction of sp³-hybridized carbons (Fsp3) is 0.929. The second kappa shape index (κ2) is 5.32. The van der Waals surface area contributed by atoms with Crippen LogP contribution in [0.2, 0.25) is 0 Å². The van der Waals surface area contributed by atoms with Crippen molar-refractivity contribution in [2.45, 2.75) is 69.3 Å². The van der Waals surface area contributed by atoms with Crippen LogP contribution in [0.15, 0.2) is 0 Å². The average Bonchev–Trinajstić information content (AvgIpc) is 2.50. The van der Waals surface area contributed by atoms with E-state index in [1.807, 2.05) is 0 Å². The van der Waals surface area contributed by atoms with Crippen molar-refractivity contribution in [3.8, 4) is 0 Å².